The highest BCUT2D eigenvalue weighted by molar-refractivity contribution is 5.65. The quantitative estimate of drug-likeness (QED) is 0.671. The molecule has 0 unspecified atom stereocenters. The van der Waals surface area contributed by atoms with E-state index in [1.165, 1.54) is 0 Å². The molecule has 0 spiro atoms. The molecule has 3 aromatic rings. The molecule has 86 valence electrons. The van der Waals surface area contributed by atoms with Crippen LogP contribution in [-0.2, 0) is 0 Å². The summed E-state index contributed by atoms with van der Waals surface area (Å²) in [6, 6.07) is 20.2. The molecule has 0 radical (unpaired) electrons. The Kier molecular flexibility index (Phi) is 2.84. The van der Waals surface area contributed by atoms with Gasteiger partial charge in [-0.05, 0) is 24.3 Å². The van der Waals surface area contributed by atoms with Crippen LogP contribution in [-0.4, -0.2) is 9.97 Å². The van der Waals surface area contributed by atoms with Crippen LogP contribution in [0.3, 0.4) is 0 Å². The zero-order valence-electron chi connectivity index (χ0n) is 9.82. The van der Waals surface area contributed by atoms with Crippen LogP contribution in [0.25, 0.3) is 22.5 Å². The second-order valence-corrected chi connectivity index (χ2v) is 4.01. The Morgan fingerprint density at radius 2 is 1.17 bits per heavy atom. The smallest absolute Gasteiger partial charge is 0.0710 e. The first-order chi connectivity index (χ1) is 8.93. The van der Waals surface area contributed by atoms with Gasteiger partial charge in [0.2, 0.25) is 0 Å². The van der Waals surface area contributed by atoms with Gasteiger partial charge in [-0.15, -0.1) is 0 Å². The molecule has 0 saturated carbocycles. The molecule has 0 aliphatic carbocycles. The molecule has 0 fully saturated rings. The molecule has 3 rings (SSSR count). The molecule has 0 aliphatic rings. The standard InChI is InChI=1S/C16H12N2/c1-2-5-13(6-3-1)15-7-4-8-16(18-15)14-9-11-17-12-10-14/h1-12H. The fraction of sp³-hybridized carbons (Fsp3) is 0. The van der Waals surface area contributed by atoms with Crippen molar-refractivity contribution >= 4 is 0 Å². The van der Waals surface area contributed by atoms with Gasteiger partial charge < -0.3 is 0 Å². The van der Waals surface area contributed by atoms with E-state index in [-0.39, 0.29) is 0 Å². The van der Waals surface area contributed by atoms with Crippen LogP contribution in [0.4, 0.5) is 0 Å². The third-order valence-electron chi connectivity index (χ3n) is 2.79. The summed E-state index contributed by atoms with van der Waals surface area (Å²) in [6.07, 6.45) is 3.57. The number of rotatable bonds is 2. The summed E-state index contributed by atoms with van der Waals surface area (Å²) < 4.78 is 0. The Hall–Kier alpha value is -2.48. The van der Waals surface area contributed by atoms with Crippen molar-refractivity contribution < 1.29 is 0 Å². The van der Waals surface area contributed by atoms with E-state index in [1.54, 1.807) is 12.4 Å². The lowest BCUT2D eigenvalue weighted by Crippen LogP contribution is -1.87. The Morgan fingerprint density at radius 1 is 0.556 bits per heavy atom. The molecule has 18 heavy (non-hydrogen) atoms. The van der Waals surface area contributed by atoms with Crippen LogP contribution < -0.4 is 0 Å². The van der Waals surface area contributed by atoms with Crippen molar-refractivity contribution in [2.75, 3.05) is 0 Å². The maximum Gasteiger partial charge on any atom is 0.0710 e. The first-order valence-electron chi connectivity index (χ1n) is 5.86. The minimum atomic E-state index is 0.971. The third kappa shape index (κ3) is 2.13. The van der Waals surface area contributed by atoms with Gasteiger partial charge in [0.05, 0.1) is 11.4 Å². The molecule has 0 saturated heterocycles. The van der Waals surface area contributed by atoms with Crippen LogP contribution >= 0.6 is 0 Å². The molecular weight excluding hydrogens is 220 g/mol. The van der Waals surface area contributed by atoms with E-state index in [0.717, 1.165) is 22.5 Å². The Bertz CT molecular complexity index is 579. The number of nitrogens with zero attached hydrogens (tertiary/aromatic N) is 2. The number of pyridine rings is 2. The topological polar surface area (TPSA) is 25.8 Å². The van der Waals surface area contributed by atoms with Gasteiger partial charge in [0, 0.05) is 23.5 Å². The fourth-order valence-electron chi connectivity index (χ4n) is 1.89. The molecule has 1 aromatic carbocycles. The molecule has 0 atom stereocenters. The van der Waals surface area contributed by atoms with Crippen molar-refractivity contribution in [2.45, 2.75) is 0 Å². The summed E-state index contributed by atoms with van der Waals surface area (Å²) in [7, 11) is 0. The summed E-state index contributed by atoms with van der Waals surface area (Å²) in [4.78, 5) is 8.71. The van der Waals surface area contributed by atoms with Crippen molar-refractivity contribution in [3.8, 4) is 22.5 Å². The van der Waals surface area contributed by atoms with Crippen molar-refractivity contribution in [3.63, 3.8) is 0 Å². The van der Waals surface area contributed by atoms with Gasteiger partial charge in [-0.25, -0.2) is 4.98 Å². The van der Waals surface area contributed by atoms with Crippen molar-refractivity contribution in [3.05, 3.63) is 73.1 Å². The van der Waals surface area contributed by atoms with Gasteiger partial charge in [0.25, 0.3) is 0 Å². The lowest BCUT2D eigenvalue weighted by atomic mass is 10.1. The molecular formula is C16H12N2. The van der Waals surface area contributed by atoms with Crippen LogP contribution in [0.15, 0.2) is 73.1 Å². The second kappa shape index (κ2) is 4.80. The summed E-state index contributed by atoms with van der Waals surface area (Å²) in [6.45, 7) is 0. The first-order valence-corrected chi connectivity index (χ1v) is 5.86. The monoisotopic (exact) mass is 232 g/mol. The van der Waals surface area contributed by atoms with Crippen LogP contribution in [0.2, 0.25) is 0 Å². The molecule has 0 bridgehead atoms. The Morgan fingerprint density at radius 3 is 1.83 bits per heavy atom. The van der Waals surface area contributed by atoms with E-state index in [2.05, 4.69) is 22.1 Å². The van der Waals surface area contributed by atoms with Gasteiger partial charge in [-0.2, -0.15) is 0 Å². The van der Waals surface area contributed by atoms with Crippen molar-refractivity contribution in [1.29, 1.82) is 0 Å². The van der Waals surface area contributed by atoms with Gasteiger partial charge in [0.15, 0.2) is 0 Å². The van der Waals surface area contributed by atoms with E-state index in [4.69, 9.17) is 0 Å². The van der Waals surface area contributed by atoms with E-state index in [1.807, 2.05) is 48.5 Å². The normalized spacial score (nSPS) is 10.2. The Balaban J connectivity index is 2.05. The summed E-state index contributed by atoms with van der Waals surface area (Å²) in [5.41, 5.74) is 4.18. The van der Waals surface area contributed by atoms with Crippen molar-refractivity contribution in [2.24, 2.45) is 0 Å². The highest BCUT2D eigenvalue weighted by Gasteiger charge is 2.02. The molecule has 0 N–H and O–H groups in total. The fourth-order valence-corrected chi connectivity index (χ4v) is 1.89. The average molecular weight is 232 g/mol. The van der Waals surface area contributed by atoms with Crippen LogP contribution in [0.5, 0.6) is 0 Å². The average Bonchev–Trinajstić information content (AvgIpc) is 2.49. The number of aromatic nitrogens is 2. The van der Waals surface area contributed by atoms with Gasteiger partial charge >= 0.3 is 0 Å². The lowest BCUT2D eigenvalue weighted by Gasteiger charge is -2.04. The summed E-state index contributed by atoms with van der Waals surface area (Å²) in [5.74, 6) is 0. The largest absolute Gasteiger partial charge is 0.265 e. The van der Waals surface area contributed by atoms with E-state index in [0.29, 0.717) is 0 Å². The molecule has 2 aromatic heterocycles. The molecule has 0 aliphatic heterocycles. The molecule has 2 heteroatoms. The van der Waals surface area contributed by atoms with Crippen LogP contribution in [0.1, 0.15) is 0 Å². The third-order valence-corrected chi connectivity index (χ3v) is 2.79. The summed E-state index contributed by atoms with van der Waals surface area (Å²) >= 11 is 0. The minimum absolute atomic E-state index is 0.971. The van der Waals surface area contributed by atoms with Gasteiger partial charge in [0.1, 0.15) is 0 Å². The van der Waals surface area contributed by atoms with E-state index < -0.39 is 0 Å². The zero-order chi connectivity index (χ0) is 12.2. The number of benzene rings is 1. The van der Waals surface area contributed by atoms with Gasteiger partial charge in [-0.3, -0.25) is 4.98 Å². The highest BCUT2D eigenvalue weighted by atomic mass is 14.7. The van der Waals surface area contributed by atoms with E-state index >= 15 is 0 Å². The second-order valence-electron chi connectivity index (χ2n) is 4.01. The van der Waals surface area contributed by atoms with E-state index in [9.17, 15) is 0 Å². The maximum atomic E-state index is 4.69. The predicted molar refractivity (Wildman–Crippen MR) is 72.9 cm³/mol. The maximum absolute atomic E-state index is 4.69. The van der Waals surface area contributed by atoms with Gasteiger partial charge in [-0.1, -0.05) is 36.4 Å². The first kappa shape index (κ1) is 10.7. The Labute approximate surface area is 106 Å². The SMILES string of the molecule is c1ccc(-c2cccc(-c3ccncc3)n2)cc1. The number of hydrogen-bond acceptors (Lipinski definition) is 2. The predicted octanol–water partition coefficient (Wildman–Crippen LogP) is 3.81. The molecule has 0 amide bonds. The molecule has 2 nitrogen and oxygen atoms in total. The highest BCUT2D eigenvalue weighted by Crippen LogP contribution is 2.21. The minimum Gasteiger partial charge on any atom is -0.265 e. The van der Waals surface area contributed by atoms with Crippen molar-refractivity contribution in [1.82, 2.24) is 9.97 Å². The lowest BCUT2D eigenvalue weighted by molar-refractivity contribution is 1.29. The molecule has 2 heterocycles. The number of hydrogen-bond donors (Lipinski definition) is 0. The zero-order valence-corrected chi connectivity index (χ0v) is 9.82. The summed E-state index contributed by atoms with van der Waals surface area (Å²) in [5, 5.41) is 0. The van der Waals surface area contributed by atoms with Crippen LogP contribution in [0, 0.1) is 0 Å².